The van der Waals surface area contributed by atoms with Gasteiger partial charge in [-0.1, -0.05) is 0 Å². The fraction of sp³-hybridized carbons (Fsp3) is 0.444. The molecule has 0 unspecified atom stereocenters. The van der Waals surface area contributed by atoms with Crippen LogP contribution >= 0.6 is 0 Å². The Hall–Kier alpha value is -1.67. The van der Waals surface area contributed by atoms with E-state index in [2.05, 4.69) is 15.5 Å². The highest BCUT2D eigenvalue weighted by atomic mass is 16.3. The van der Waals surface area contributed by atoms with E-state index in [9.17, 15) is 0 Å². The smallest absolute Gasteiger partial charge is 0.167 e. The van der Waals surface area contributed by atoms with Crippen LogP contribution in [-0.4, -0.2) is 27.4 Å². The third-order valence-electron chi connectivity index (χ3n) is 1.69. The molecular weight excluding hydrogens is 180 g/mol. The predicted octanol–water partition coefficient (Wildman–Crippen LogP) is 0.531. The summed E-state index contributed by atoms with van der Waals surface area (Å²) >= 11 is 0. The molecule has 1 rings (SSSR count). The van der Waals surface area contributed by atoms with Crippen molar-refractivity contribution < 1.29 is 5.11 Å². The van der Waals surface area contributed by atoms with E-state index < -0.39 is 5.54 Å². The Morgan fingerprint density at radius 3 is 2.93 bits per heavy atom. The zero-order valence-corrected chi connectivity index (χ0v) is 8.15. The number of nitrogens with zero attached hydrogens (tertiary/aromatic N) is 3. The first-order chi connectivity index (χ1) is 6.59. The summed E-state index contributed by atoms with van der Waals surface area (Å²) in [5, 5.41) is 28.2. The van der Waals surface area contributed by atoms with Crippen LogP contribution in [-0.2, 0) is 0 Å². The fourth-order valence-corrected chi connectivity index (χ4v) is 0.874. The van der Waals surface area contributed by atoms with Gasteiger partial charge in [0.1, 0.15) is 6.07 Å². The van der Waals surface area contributed by atoms with Crippen molar-refractivity contribution in [3.8, 4) is 6.07 Å². The summed E-state index contributed by atoms with van der Waals surface area (Å²) in [6, 6.07) is 3.57. The minimum Gasteiger partial charge on any atom is -0.394 e. The van der Waals surface area contributed by atoms with E-state index in [0.29, 0.717) is 11.4 Å². The summed E-state index contributed by atoms with van der Waals surface area (Å²) in [6.45, 7) is 3.57. The second kappa shape index (κ2) is 4.03. The molecule has 0 aliphatic heterocycles. The number of nitrogens with one attached hydrogen (secondary N) is 1. The molecule has 74 valence electrons. The molecule has 1 aromatic rings. The van der Waals surface area contributed by atoms with E-state index in [-0.39, 0.29) is 6.61 Å². The lowest BCUT2D eigenvalue weighted by Crippen LogP contribution is -2.35. The second-order valence-corrected chi connectivity index (χ2v) is 3.57. The zero-order chi connectivity index (χ0) is 10.6. The third-order valence-corrected chi connectivity index (χ3v) is 1.69. The van der Waals surface area contributed by atoms with Crippen molar-refractivity contribution in [2.75, 3.05) is 11.9 Å². The molecule has 14 heavy (non-hydrogen) atoms. The molecule has 5 heteroatoms. The maximum absolute atomic E-state index is 9.03. The van der Waals surface area contributed by atoms with Crippen LogP contribution in [0.25, 0.3) is 0 Å². The van der Waals surface area contributed by atoms with Crippen LogP contribution in [0.5, 0.6) is 0 Å². The second-order valence-electron chi connectivity index (χ2n) is 3.57. The molecule has 0 atom stereocenters. The summed E-state index contributed by atoms with van der Waals surface area (Å²) in [5.41, 5.74) is -0.0942. The predicted molar refractivity (Wildman–Crippen MR) is 51.5 cm³/mol. The number of anilines is 1. The van der Waals surface area contributed by atoms with Crippen molar-refractivity contribution >= 4 is 5.82 Å². The number of hydrogen-bond acceptors (Lipinski definition) is 5. The Kier molecular flexibility index (Phi) is 2.99. The zero-order valence-electron chi connectivity index (χ0n) is 8.15. The molecule has 0 spiro atoms. The number of aromatic nitrogens is 2. The van der Waals surface area contributed by atoms with Crippen LogP contribution in [0.4, 0.5) is 5.82 Å². The van der Waals surface area contributed by atoms with Gasteiger partial charge in [0.05, 0.1) is 23.9 Å². The standard InChI is InChI=1S/C9H12N4O/c1-9(2,6-14)12-8-7(5-10)3-4-11-13-8/h3-4,14H,6H2,1-2H3,(H,12,13). The van der Waals surface area contributed by atoms with Crippen LogP contribution in [0.15, 0.2) is 12.3 Å². The number of nitriles is 1. The highest BCUT2D eigenvalue weighted by Gasteiger charge is 2.18. The minimum absolute atomic E-state index is 0.0472. The summed E-state index contributed by atoms with van der Waals surface area (Å²) in [5.74, 6) is 0.397. The number of aliphatic hydroxyl groups excluding tert-OH is 1. The molecule has 0 amide bonds. The third kappa shape index (κ3) is 2.41. The Labute approximate surface area is 82.4 Å². The van der Waals surface area contributed by atoms with Crippen LogP contribution < -0.4 is 5.32 Å². The van der Waals surface area contributed by atoms with E-state index in [0.717, 1.165) is 0 Å². The molecule has 0 aliphatic rings. The molecule has 0 bridgehead atoms. The molecule has 0 saturated heterocycles. The van der Waals surface area contributed by atoms with Crippen molar-refractivity contribution in [3.63, 3.8) is 0 Å². The highest BCUT2D eigenvalue weighted by molar-refractivity contribution is 5.51. The number of rotatable bonds is 3. The van der Waals surface area contributed by atoms with E-state index in [1.165, 1.54) is 6.20 Å². The summed E-state index contributed by atoms with van der Waals surface area (Å²) < 4.78 is 0. The van der Waals surface area contributed by atoms with Gasteiger partial charge in [-0.05, 0) is 19.9 Å². The minimum atomic E-state index is -0.512. The average molecular weight is 192 g/mol. The van der Waals surface area contributed by atoms with Gasteiger partial charge in [0, 0.05) is 0 Å². The van der Waals surface area contributed by atoms with Crippen molar-refractivity contribution in [2.45, 2.75) is 19.4 Å². The van der Waals surface area contributed by atoms with Crippen molar-refractivity contribution in [2.24, 2.45) is 0 Å². The molecule has 1 heterocycles. The van der Waals surface area contributed by atoms with Crippen LogP contribution in [0.1, 0.15) is 19.4 Å². The molecule has 1 aromatic heterocycles. The van der Waals surface area contributed by atoms with Crippen molar-refractivity contribution in [3.05, 3.63) is 17.8 Å². The Bertz CT molecular complexity index is 356. The SMILES string of the molecule is CC(C)(CO)Nc1nnccc1C#N. The lowest BCUT2D eigenvalue weighted by atomic mass is 10.1. The van der Waals surface area contributed by atoms with Gasteiger partial charge in [0.2, 0.25) is 0 Å². The first-order valence-corrected chi connectivity index (χ1v) is 4.20. The first-order valence-electron chi connectivity index (χ1n) is 4.20. The van der Waals surface area contributed by atoms with Gasteiger partial charge in [-0.3, -0.25) is 0 Å². The van der Waals surface area contributed by atoms with Crippen LogP contribution in [0, 0.1) is 11.3 Å². The van der Waals surface area contributed by atoms with Gasteiger partial charge in [-0.15, -0.1) is 5.10 Å². The molecule has 5 nitrogen and oxygen atoms in total. The van der Waals surface area contributed by atoms with Crippen molar-refractivity contribution in [1.82, 2.24) is 10.2 Å². The maximum Gasteiger partial charge on any atom is 0.167 e. The molecule has 0 aromatic carbocycles. The van der Waals surface area contributed by atoms with Gasteiger partial charge in [-0.25, -0.2) is 0 Å². The fourth-order valence-electron chi connectivity index (χ4n) is 0.874. The lowest BCUT2D eigenvalue weighted by molar-refractivity contribution is 0.233. The average Bonchev–Trinajstić information content (AvgIpc) is 2.18. The largest absolute Gasteiger partial charge is 0.394 e. The van der Waals surface area contributed by atoms with E-state index in [4.69, 9.17) is 10.4 Å². The summed E-state index contributed by atoms with van der Waals surface area (Å²) in [4.78, 5) is 0. The van der Waals surface area contributed by atoms with Crippen molar-refractivity contribution in [1.29, 1.82) is 5.26 Å². The normalized spacial score (nSPS) is 10.7. The van der Waals surface area contributed by atoms with Gasteiger partial charge < -0.3 is 10.4 Å². The Morgan fingerprint density at radius 2 is 2.36 bits per heavy atom. The number of aliphatic hydroxyl groups is 1. The highest BCUT2D eigenvalue weighted by Crippen LogP contribution is 2.14. The van der Waals surface area contributed by atoms with E-state index in [1.807, 2.05) is 19.9 Å². The molecule has 0 radical (unpaired) electrons. The van der Waals surface area contributed by atoms with Gasteiger partial charge in [-0.2, -0.15) is 10.4 Å². The van der Waals surface area contributed by atoms with Gasteiger partial charge in [0.25, 0.3) is 0 Å². The first kappa shape index (κ1) is 10.4. The molecule has 0 aliphatic carbocycles. The molecule has 0 fully saturated rings. The monoisotopic (exact) mass is 192 g/mol. The van der Waals surface area contributed by atoms with Crippen LogP contribution in [0.3, 0.4) is 0 Å². The molecule has 2 N–H and O–H groups in total. The quantitative estimate of drug-likeness (QED) is 0.730. The number of hydrogen-bond donors (Lipinski definition) is 2. The lowest BCUT2D eigenvalue weighted by Gasteiger charge is -2.23. The Morgan fingerprint density at radius 1 is 1.64 bits per heavy atom. The Balaban J connectivity index is 2.92. The molecular formula is C9H12N4O. The van der Waals surface area contributed by atoms with E-state index >= 15 is 0 Å². The van der Waals surface area contributed by atoms with Gasteiger partial charge >= 0.3 is 0 Å². The summed E-state index contributed by atoms with van der Waals surface area (Å²) in [7, 11) is 0. The van der Waals surface area contributed by atoms with Crippen LogP contribution in [0.2, 0.25) is 0 Å². The summed E-state index contributed by atoms with van der Waals surface area (Å²) in [6.07, 6.45) is 1.45. The van der Waals surface area contributed by atoms with Gasteiger partial charge in [0.15, 0.2) is 5.82 Å². The van der Waals surface area contributed by atoms with E-state index in [1.54, 1.807) is 6.07 Å². The topological polar surface area (TPSA) is 81.8 Å². The maximum atomic E-state index is 9.03. The molecule has 0 saturated carbocycles.